The molecule has 0 radical (unpaired) electrons. The first kappa shape index (κ1) is 15.0. The van der Waals surface area contributed by atoms with Gasteiger partial charge in [0.2, 0.25) is 0 Å². The van der Waals surface area contributed by atoms with E-state index in [4.69, 9.17) is 5.73 Å². The Kier molecular flexibility index (Phi) is 6.50. The quantitative estimate of drug-likeness (QED) is 0.739. The Balaban J connectivity index is 2.44. The zero-order valence-corrected chi connectivity index (χ0v) is 12.2. The van der Waals surface area contributed by atoms with Gasteiger partial charge in [0.25, 0.3) is 0 Å². The van der Waals surface area contributed by atoms with Crippen molar-refractivity contribution in [1.29, 1.82) is 0 Å². The first-order chi connectivity index (χ1) is 8.13. The lowest BCUT2D eigenvalue weighted by Crippen LogP contribution is -2.52. The molecule has 0 aliphatic heterocycles. The van der Waals surface area contributed by atoms with Crippen molar-refractivity contribution >= 4 is 0 Å². The normalized spacial score (nSPS) is 20.1. The van der Waals surface area contributed by atoms with Gasteiger partial charge in [-0.2, -0.15) is 0 Å². The van der Waals surface area contributed by atoms with Crippen LogP contribution in [0.15, 0.2) is 0 Å². The molecule has 0 amide bonds. The maximum absolute atomic E-state index is 6.55. The summed E-state index contributed by atoms with van der Waals surface area (Å²) in [5.74, 6) is 0.849. The molecule has 2 N–H and O–H groups in total. The maximum Gasteiger partial charge on any atom is 0.0283 e. The Labute approximate surface area is 108 Å². The van der Waals surface area contributed by atoms with Gasteiger partial charge in [0.15, 0.2) is 0 Å². The summed E-state index contributed by atoms with van der Waals surface area (Å²) in [6.45, 7) is 10.4. The molecule has 0 aromatic carbocycles. The van der Waals surface area contributed by atoms with Crippen LogP contribution < -0.4 is 5.73 Å². The SMILES string of the molecule is CCC(CC)CN(CC)CC1(N)CCCCC1. The van der Waals surface area contributed by atoms with Crippen LogP contribution in [-0.2, 0) is 0 Å². The molecule has 0 atom stereocenters. The number of nitrogens with zero attached hydrogens (tertiary/aromatic N) is 1. The molecule has 1 fully saturated rings. The van der Waals surface area contributed by atoms with Crippen molar-refractivity contribution < 1.29 is 0 Å². The van der Waals surface area contributed by atoms with Crippen LogP contribution in [0.25, 0.3) is 0 Å². The minimum absolute atomic E-state index is 0.111. The van der Waals surface area contributed by atoms with Gasteiger partial charge in [0, 0.05) is 18.6 Å². The van der Waals surface area contributed by atoms with Gasteiger partial charge in [-0.1, -0.05) is 52.9 Å². The van der Waals surface area contributed by atoms with E-state index in [0.717, 1.165) is 19.0 Å². The van der Waals surface area contributed by atoms with Crippen LogP contribution in [0.5, 0.6) is 0 Å². The molecule has 0 bridgehead atoms. The molecule has 1 aliphatic rings. The molecule has 0 unspecified atom stereocenters. The lowest BCUT2D eigenvalue weighted by Gasteiger charge is -2.39. The van der Waals surface area contributed by atoms with Crippen molar-refractivity contribution in [3.8, 4) is 0 Å². The fraction of sp³-hybridized carbons (Fsp3) is 1.00. The fourth-order valence-corrected chi connectivity index (χ4v) is 3.08. The predicted octanol–water partition coefficient (Wildman–Crippen LogP) is 3.41. The predicted molar refractivity (Wildman–Crippen MR) is 76.2 cm³/mol. The average Bonchev–Trinajstić information content (AvgIpc) is 2.35. The molecule has 0 heterocycles. The van der Waals surface area contributed by atoms with Gasteiger partial charge in [-0.15, -0.1) is 0 Å². The van der Waals surface area contributed by atoms with Crippen molar-refractivity contribution in [2.75, 3.05) is 19.6 Å². The summed E-state index contributed by atoms with van der Waals surface area (Å²) in [7, 11) is 0. The summed E-state index contributed by atoms with van der Waals surface area (Å²) in [5.41, 5.74) is 6.66. The molecule has 0 spiro atoms. The highest BCUT2D eigenvalue weighted by atomic mass is 15.1. The summed E-state index contributed by atoms with van der Waals surface area (Å²) in [6.07, 6.45) is 9.10. The minimum atomic E-state index is 0.111. The number of likely N-dealkylation sites (N-methyl/N-ethyl adjacent to an activating group) is 1. The second kappa shape index (κ2) is 7.38. The molecular weight excluding hydrogens is 208 g/mol. The Morgan fingerprint density at radius 1 is 1.06 bits per heavy atom. The standard InChI is InChI=1S/C15H32N2/c1-4-14(5-2)12-17(6-3)13-15(16)10-8-7-9-11-15/h14H,4-13,16H2,1-3H3. The summed E-state index contributed by atoms with van der Waals surface area (Å²) in [5, 5.41) is 0. The van der Waals surface area contributed by atoms with Crippen LogP contribution in [0.1, 0.15) is 65.7 Å². The molecular formula is C15H32N2. The van der Waals surface area contributed by atoms with E-state index in [0.29, 0.717) is 0 Å². The second-order valence-corrected chi connectivity index (χ2v) is 5.93. The van der Waals surface area contributed by atoms with Gasteiger partial charge < -0.3 is 10.6 Å². The summed E-state index contributed by atoms with van der Waals surface area (Å²) >= 11 is 0. The fourth-order valence-electron chi connectivity index (χ4n) is 3.08. The van der Waals surface area contributed by atoms with E-state index in [1.165, 1.54) is 51.5 Å². The lowest BCUT2D eigenvalue weighted by molar-refractivity contribution is 0.156. The maximum atomic E-state index is 6.55. The van der Waals surface area contributed by atoms with Crippen molar-refractivity contribution in [3.63, 3.8) is 0 Å². The Morgan fingerprint density at radius 3 is 2.12 bits per heavy atom. The number of hydrogen-bond donors (Lipinski definition) is 1. The van der Waals surface area contributed by atoms with Crippen molar-refractivity contribution in [3.05, 3.63) is 0 Å². The number of rotatable bonds is 7. The van der Waals surface area contributed by atoms with Gasteiger partial charge in [-0.25, -0.2) is 0 Å². The van der Waals surface area contributed by atoms with E-state index < -0.39 is 0 Å². The summed E-state index contributed by atoms with van der Waals surface area (Å²) < 4.78 is 0. The zero-order chi connectivity index (χ0) is 12.7. The van der Waals surface area contributed by atoms with Crippen molar-refractivity contribution in [2.45, 2.75) is 71.3 Å². The highest BCUT2D eigenvalue weighted by Gasteiger charge is 2.29. The molecule has 102 valence electrons. The largest absolute Gasteiger partial charge is 0.324 e. The van der Waals surface area contributed by atoms with Gasteiger partial charge in [-0.05, 0) is 25.3 Å². The van der Waals surface area contributed by atoms with Crippen molar-refractivity contribution in [1.82, 2.24) is 4.90 Å². The van der Waals surface area contributed by atoms with E-state index in [1.54, 1.807) is 0 Å². The topological polar surface area (TPSA) is 29.3 Å². The molecule has 2 nitrogen and oxygen atoms in total. The third-order valence-electron chi connectivity index (χ3n) is 4.51. The monoisotopic (exact) mass is 240 g/mol. The van der Waals surface area contributed by atoms with Gasteiger partial charge >= 0.3 is 0 Å². The van der Waals surface area contributed by atoms with E-state index in [1.807, 2.05) is 0 Å². The van der Waals surface area contributed by atoms with E-state index in [9.17, 15) is 0 Å². The van der Waals surface area contributed by atoms with E-state index in [-0.39, 0.29) is 5.54 Å². The van der Waals surface area contributed by atoms with Crippen LogP contribution in [0, 0.1) is 5.92 Å². The third-order valence-corrected chi connectivity index (χ3v) is 4.51. The molecule has 0 aromatic rings. The van der Waals surface area contributed by atoms with Crippen LogP contribution in [0.2, 0.25) is 0 Å². The third kappa shape index (κ3) is 4.97. The molecule has 1 aliphatic carbocycles. The van der Waals surface area contributed by atoms with E-state index in [2.05, 4.69) is 25.7 Å². The Bertz CT molecular complexity index is 193. The minimum Gasteiger partial charge on any atom is -0.324 e. The second-order valence-electron chi connectivity index (χ2n) is 5.93. The van der Waals surface area contributed by atoms with Crippen LogP contribution in [0.3, 0.4) is 0 Å². The average molecular weight is 240 g/mol. The first-order valence-electron chi connectivity index (χ1n) is 7.64. The van der Waals surface area contributed by atoms with Crippen LogP contribution in [-0.4, -0.2) is 30.1 Å². The molecule has 2 heteroatoms. The smallest absolute Gasteiger partial charge is 0.0283 e. The highest BCUT2D eigenvalue weighted by Crippen LogP contribution is 2.27. The van der Waals surface area contributed by atoms with E-state index >= 15 is 0 Å². The first-order valence-corrected chi connectivity index (χ1v) is 7.64. The molecule has 1 rings (SSSR count). The lowest BCUT2D eigenvalue weighted by atomic mass is 9.82. The molecule has 0 aromatic heterocycles. The Hall–Kier alpha value is -0.0800. The van der Waals surface area contributed by atoms with Gasteiger partial charge in [0.1, 0.15) is 0 Å². The summed E-state index contributed by atoms with van der Waals surface area (Å²) in [4.78, 5) is 2.59. The van der Waals surface area contributed by atoms with Crippen LogP contribution >= 0.6 is 0 Å². The Morgan fingerprint density at radius 2 is 1.65 bits per heavy atom. The zero-order valence-electron chi connectivity index (χ0n) is 12.2. The van der Waals surface area contributed by atoms with Crippen molar-refractivity contribution in [2.24, 2.45) is 11.7 Å². The van der Waals surface area contributed by atoms with Crippen LogP contribution in [0.4, 0.5) is 0 Å². The molecule has 0 saturated heterocycles. The summed E-state index contributed by atoms with van der Waals surface area (Å²) in [6, 6.07) is 0. The number of hydrogen-bond acceptors (Lipinski definition) is 2. The molecule has 1 saturated carbocycles. The number of nitrogens with two attached hydrogens (primary N) is 1. The highest BCUT2D eigenvalue weighted by molar-refractivity contribution is 4.90. The molecule has 17 heavy (non-hydrogen) atoms. The van der Waals surface area contributed by atoms with Gasteiger partial charge in [0.05, 0.1) is 0 Å². The van der Waals surface area contributed by atoms with Gasteiger partial charge in [-0.3, -0.25) is 0 Å².